The zero-order valence-corrected chi connectivity index (χ0v) is 27.5. The summed E-state index contributed by atoms with van der Waals surface area (Å²) in [6.45, 7) is 1.52. The Labute approximate surface area is 266 Å². The lowest BCUT2D eigenvalue weighted by atomic mass is 10.0. The van der Waals surface area contributed by atoms with E-state index in [0.29, 0.717) is 5.69 Å². The number of carbonyl (C=O) groups is 2. The smallest absolute Gasteiger partial charge is 0.264 e. The molecule has 1 atom stereocenters. The third kappa shape index (κ3) is 8.28. The largest absolute Gasteiger partial charge is 0.357 e. The van der Waals surface area contributed by atoms with Gasteiger partial charge in [0.05, 0.1) is 10.6 Å². The van der Waals surface area contributed by atoms with Crippen molar-refractivity contribution < 1.29 is 18.0 Å². The molecule has 0 saturated heterocycles. The van der Waals surface area contributed by atoms with Gasteiger partial charge in [-0.1, -0.05) is 76.1 Å². The first kappa shape index (κ1) is 32.3. The van der Waals surface area contributed by atoms with E-state index in [2.05, 4.69) is 21.2 Å². The Morgan fingerprint density at radius 3 is 2.14 bits per heavy atom. The van der Waals surface area contributed by atoms with Crippen LogP contribution in [0.15, 0.2) is 117 Å². The second-order valence-corrected chi connectivity index (χ2v) is 13.7. The molecule has 1 unspecified atom stereocenters. The van der Waals surface area contributed by atoms with Crippen LogP contribution >= 0.6 is 27.7 Å². The lowest BCUT2D eigenvalue weighted by Gasteiger charge is -2.33. The van der Waals surface area contributed by atoms with Gasteiger partial charge >= 0.3 is 0 Å². The van der Waals surface area contributed by atoms with E-state index in [1.54, 1.807) is 48.5 Å². The molecule has 2 amide bonds. The van der Waals surface area contributed by atoms with Crippen LogP contribution in [0.5, 0.6) is 0 Å². The highest BCUT2D eigenvalue weighted by atomic mass is 79.9. The molecule has 224 valence electrons. The molecule has 4 aromatic rings. The van der Waals surface area contributed by atoms with Gasteiger partial charge < -0.3 is 10.2 Å². The number of nitrogens with one attached hydrogen (secondary N) is 1. The van der Waals surface area contributed by atoms with Gasteiger partial charge in [-0.3, -0.25) is 13.9 Å². The first-order chi connectivity index (χ1) is 20.6. The van der Waals surface area contributed by atoms with E-state index in [1.807, 2.05) is 67.8 Å². The molecule has 0 spiro atoms. The van der Waals surface area contributed by atoms with Crippen LogP contribution in [0, 0.1) is 6.92 Å². The molecule has 0 aromatic heterocycles. The molecule has 1 N–H and O–H groups in total. The Balaban J connectivity index is 1.78. The summed E-state index contributed by atoms with van der Waals surface area (Å²) in [5.41, 5.74) is 2.98. The SMILES string of the molecule is CNC(=O)C(Cc1ccccc1)N(Cc1cccc(Br)c1)C(=O)CN(c1ccc(C)cc1)S(=O)(=O)c1ccc(SC)cc1. The molecule has 0 aliphatic rings. The number of likely N-dealkylation sites (N-methyl/N-ethyl adjacent to an activating group) is 1. The number of amides is 2. The maximum Gasteiger partial charge on any atom is 0.264 e. The summed E-state index contributed by atoms with van der Waals surface area (Å²) in [6, 6.07) is 29.6. The van der Waals surface area contributed by atoms with E-state index in [1.165, 1.54) is 23.7 Å². The number of anilines is 1. The van der Waals surface area contributed by atoms with Crippen molar-refractivity contribution in [3.63, 3.8) is 0 Å². The number of nitrogens with zero attached hydrogens (tertiary/aromatic N) is 2. The topological polar surface area (TPSA) is 86.8 Å². The van der Waals surface area contributed by atoms with Crippen LogP contribution in [0.25, 0.3) is 0 Å². The van der Waals surface area contributed by atoms with Gasteiger partial charge in [-0.15, -0.1) is 11.8 Å². The van der Waals surface area contributed by atoms with E-state index in [9.17, 15) is 18.0 Å². The third-order valence-electron chi connectivity index (χ3n) is 7.01. The average Bonchev–Trinajstić information content (AvgIpc) is 3.02. The number of carbonyl (C=O) groups excluding carboxylic acids is 2. The minimum absolute atomic E-state index is 0.0735. The summed E-state index contributed by atoms with van der Waals surface area (Å²) in [6.07, 6.45) is 2.17. The average molecular weight is 681 g/mol. The van der Waals surface area contributed by atoms with Crippen molar-refractivity contribution in [1.29, 1.82) is 0 Å². The summed E-state index contributed by atoms with van der Waals surface area (Å²) in [5.74, 6) is -0.848. The fraction of sp³-hybridized carbons (Fsp3) is 0.212. The number of thioether (sulfide) groups is 1. The third-order valence-corrected chi connectivity index (χ3v) is 10.0. The van der Waals surface area contributed by atoms with Crippen molar-refractivity contribution in [2.45, 2.75) is 35.7 Å². The standard InChI is InChI=1S/C33H34BrN3O4S2/c1-24-12-14-28(15-13-24)37(43(40,41)30-18-16-29(42-3)17-19-30)23-32(38)36(22-26-10-7-11-27(34)20-26)31(33(39)35-2)21-25-8-5-4-6-9-25/h4-20,31H,21-23H2,1-3H3,(H,35,39). The van der Waals surface area contributed by atoms with Gasteiger partial charge in [0.2, 0.25) is 11.8 Å². The van der Waals surface area contributed by atoms with Crippen molar-refractivity contribution in [2.75, 3.05) is 24.2 Å². The van der Waals surface area contributed by atoms with E-state index >= 15 is 0 Å². The Bertz CT molecular complexity index is 1650. The molecule has 0 radical (unpaired) electrons. The Kier molecular flexibility index (Phi) is 11.1. The zero-order valence-electron chi connectivity index (χ0n) is 24.2. The van der Waals surface area contributed by atoms with Crippen LogP contribution in [-0.4, -0.2) is 51.0 Å². The highest BCUT2D eigenvalue weighted by Gasteiger charge is 2.34. The van der Waals surface area contributed by atoms with Crippen LogP contribution in [0.1, 0.15) is 16.7 Å². The van der Waals surface area contributed by atoms with Crippen molar-refractivity contribution >= 4 is 55.2 Å². The first-order valence-corrected chi connectivity index (χ1v) is 17.1. The van der Waals surface area contributed by atoms with E-state index in [0.717, 1.165) is 30.4 Å². The number of benzene rings is 4. The minimum atomic E-state index is -4.14. The molecule has 0 saturated carbocycles. The molecule has 10 heteroatoms. The maximum atomic E-state index is 14.3. The Morgan fingerprint density at radius 2 is 1.53 bits per heavy atom. The Morgan fingerprint density at radius 1 is 0.884 bits per heavy atom. The van der Waals surface area contributed by atoms with Crippen molar-refractivity contribution in [2.24, 2.45) is 0 Å². The number of sulfonamides is 1. The highest BCUT2D eigenvalue weighted by Crippen LogP contribution is 2.27. The number of aryl methyl sites for hydroxylation is 1. The van der Waals surface area contributed by atoms with E-state index in [4.69, 9.17) is 0 Å². The first-order valence-electron chi connectivity index (χ1n) is 13.6. The molecule has 7 nitrogen and oxygen atoms in total. The van der Waals surface area contributed by atoms with Gasteiger partial charge in [-0.05, 0) is 72.8 Å². The van der Waals surface area contributed by atoms with Crippen LogP contribution in [0.3, 0.4) is 0 Å². The molecule has 4 aromatic carbocycles. The second-order valence-electron chi connectivity index (χ2n) is 9.99. The van der Waals surface area contributed by atoms with Crippen molar-refractivity contribution in [3.05, 3.63) is 124 Å². The maximum absolute atomic E-state index is 14.3. The van der Waals surface area contributed by atoms with Crippen LogP contribution in [0.4, 0.5) is 5.69 Å². The summed E-state index contributed by atoms with van der Waals surface area (Å²) < 4.78 is 30.1. The van der Waals surface area contributed by atoms with Gasteiger partial charge in [-0.2, -0.15) is 0 Å². The van der Waals surface area contributed by atoms with Gasteiger partial charge in [0.1, 0.15) is 12.6 Å². The zero-order chi connectivity index (χ0) is 31.0. The predicted octanol–water partition coefficient (Wildman–Crippen LogP) is 6.06. The lowest BCUT2D eigenvalue weighted by molar-refractivity contribution is -0.139. The van der Waals surface area contributed by atoms with E-state index in [-0.39, 0.29) is 23.8 Å². The number of hydrogen-bond donors (Lipinski definition) is 1. The summed E-state index contributed by atoms with van der Waals surface area (Å²) >= 11 is 5.00. The molecule has 0 fully saturated rings. The highest BCUT2D eigenvalue weighted by molar-refractivity contribution is 9.10. The fourth-order valence-corrected chi connectivity index (χ4v) is 6.94. The van der Waals surface area contributed by atoms with Crippen LogP contribution in [0.2, 0.25) is 0 Å². The monoisotopic (exact) mass is 679 g/mol. The number of hydrogen-bond acceptors (Lipinski definition) is 5. The number of rotatable bonds is 12. The molecular formula is C33H34BrN3O4S2. The normalized spacial score (nSPS) is 11.9. The van der Waals surface area contributed by atoms with Gasteiger partial charge in [0.15, 0.2) is 0 Å². The van der Waals surface area contributed by atoms with Crippen molar-refractivity contribution in [1.82, 2.24) is 10.2 Å². The second kappa shape index (κ2) is 14.7. The molecule has 0 bridgehead atoms. The van der Waals surface area contributed by atoms with Gasteiger partial charge in [-0.25, -0.2) is 8.42 Å². The van der Waals surface area contributed by atoms with Gasteiger partial charge in [0.25, 0.3) is 10.0 Å². The van der Waals surface area contributed by atoms with Crippen LogP contribution < -0.4 is 9.62 Å². The van der Waals surface area contributed by atoms with E-state index < -0.39 is 28.5 Å². The molecular weight excluding hydrogens is 646 g/mol. The lowest BCUT2D eigenvalue weighted by Crippen LogP contribution is -2.53. The predicted molar refractivity (Wildman–Crippen MR) is 177 cm³/mol. The summed E-state index contributed by atoms with van der Waals surface area (Å²) in [5, 5.41) is 2.70. The molecule has 43 heavy (non-hydrogen) atoms. The quantitative estimate of drug-likeness (QED) is 0.184. The van der Waals surface area contributed by atoms with Crippen LogP contribution in [-0.2, 0) is 32.6 Å². The van der Waals surface area contributed by atoms with Gasteiger partial charge in [0, 0.05) is 29.4 Å². The molecule has 0 heterocycles. The number of halogens is 1. The summed E-state index contributed by atoms with van der Waals surface area (Å²) in [7, 11) is -2.61. The molecule has 4 rings (SSSR count). The molecule has 0 aliphatic carbocycles. The fourth-order valence-electron chi connectivity index (χ4n) is 4.67. The minimum Gasteiger partial charge on any atom is -0.357 e. The van der Waals surface area contributed by atoms with Crippen molar-refractivity contribution in [3.8, 4) is 0 Å². The molecule has 0 aliphatic heterocycles. The Hall–Kier alpha value is -3.60. The summed E-state index contributed by atoms with van der Waals surface area (Å²) in [4.78, 5) is 30.2.